The Morgan fingerprint density at radius 3 is 2.23 bits per heavy atom. The fourth-order valence-corrected chi connectivity index (χ4v) is 3.51. The largest absolute Gasteiger partial charge is 0.449 e. The molecule has 0 aliphatic heterocycles. The molecule has 2 rings (SSSR count). The van der Waals surface area contributed by atoms with E-state index in [2.05, 4.69) is 5.32 Å². The number of benzene rings is 2. The van der Waals surface area contributed by atoms with E-state index in [4.69, 9.17) is 27.9 Å². The van der Waals surface area contributed by atoms with Crippen LogP contribution in [0.4, 0.5) is 5.69 Å². The first-order valence-electron chi connectivity index (χ1n) is 7.35. The minimum absolute atomic E-state index is 0.138. The van der Waals surface area contributed by atoms with Gasteiger partial charge < -0.3 is 10.1 Å². The van der Waals surface area contributed by atoms with Gasteiger partial charge in [0.1, 0.15) is 0 Å². The Balaban J connectivity index is 2.13. The Labute approximate surface area is 161 Å². The number of amides is 1. The molecule has 1 atom stereocenters. The molecular formula is C17H15Cl2NO5S. The molecule has 0 aliphatic carbocycles. The Morgan fingerprint density at radius 2 is 1.65 bits per heavy atom. The maximum atomic E-state index is 12.3. The van der Waals surface area contributed by atoms with Crippen LogP contribution in [0.1, 0.15) is 17.3 Å². The van der Waals surface area contributed by atoms with Gasteiger partial charge in [0.25, 0.3) is 5.91 Å². The van der Waals surface area contributed by atoms with Crippen LogP contribution in [0.3, 0.4) is 0 Å². The lowest BCUT2D eigenvalue weighted by molar-refractivity contribution is -0.123. The summed E-state index contributed by atoms with van der Waals surface area (Å²) in [5, 5.41) is 3.19. The molecule has 1 N–H and O–H groups in total. The Hall–Kier alpha value is -2.09. The van der Waals surface area contributed by atoms with E-state index >= 15 is 0 Å². The van der Waals surface area contributed by atoms with Crippen molar-refractivity contribution in [1.82, 2.24) is 0 Å². The average molecular weight is 416 g/mol. The van der Waals surface area contributed by atoms with Gasteiger partial charge in [-0.05, 0) is 37.3 Å². The monoisotopic (exact) mass is 415 g/mol. The van der Waals surface area contributed by atoms with Crippen molar-refractivity contribution in [2.75, 3.05) is 11.6 Å². The van der Waals surface area contributed by atoms with Crippen LogP contribution >= 0.6 is 23.2 Å². The highest BCUT2D eigenvalue weighted by atomic mass is 35.5. The molecule has 0 heterocycles. The first kappa shape index (κ1) is 20.2. The SMILES string of the molecule is CC(OC(=O)c1ccccc1S(C)(=O)=O)C(=O)Nc1cc(Cl)cc(Cl)c1. The van der Waals surface area contributed by atoms with Crippen molar-refractivity contribution in [3.8, 4) is 0 Å². The minimum Gasteiger partial charge on any atom is -0.449 e. The number of hydrogen-bond donors (Lipinski definition) is 1. The van der Waals surface area contributed by atoms with Gasteiger partial charge in [-0.25, -0.2) is 13.2 Å². The number of ether oxygens (including phenoxy) is 1. The van der Waals surface area contributed by atoms with Crippen LogP contribution in [0.15, 0.2) is 47.4 Å². The summed E-state index contributed by atoms with van der Waals surface area (Å²) in [5.74, 6) is -1.54. The Bertz CT molecular complexity index is 939. The number of nitrogens with one attached hydrogen (secondary N) is 1. The molecule has 0 aliphatic rings. The lowest BCUT2D eigenvalue weighted by Gasteiger charge is -2.15. The van der Waals surface area contributed by atoms with E-state index in [0.29, 0.717) is 15.7 Å². The number of sulfone groups is 1. The molecular weight excluding hydrogens is 401 g/mol. The zero-order valence-electron chi connectivity index (χ0n) is 13.8. The van der Waals surface area contributed by atoms with Gasteiger partial charge in [0.15, 0.2) is 15.9 Å². The quantitative estimate of drug-likeness (QED) is 0.753. The number of carbonyl (C=O) groups is 2. The van der Waals surface area contributed by atoms with Gasteiger partial charge in [0.05, 0.1) is 10.5 Å². The highest BCUT2D eigenvalue weighted by molar-refractivity contribution is 7.90. The van der Waals surface area contributed by atoms with E-state index < -0.39 is 27.8 Å². The van der Waals surface area contributed by atoms with Crippen molar-refractivity contribution >= 4 is 50.6 Å². The third-order valence-corrected chi connectivity index (χ3v) is 4.88. The molecule has 0 fully saturated rings. The number of anilines is 1. The first-order valence-corrected chi connectivity index (χ1v) is 9.99. The smallest absolute Gasteiger partial charge is 0.340 e. The molecule has 1 amide bonds. The second-order valence-electron chi connectivity index (χ2n) is 5.46. The van der Waals surface area contributed by atoms with E-state index in [0.717, 1.165) is 6.26 Å². The van der Waals surface area contributed by atoms with E-state index in [9.17, 15) is 18.0 Å². The van der Waals surface area contributed by atoms with Crippen molar-refractivity contribution in [1.29, 1.82) is 0 Å². The molecule has 0 radical (unpaired) electrons. The van der Waals surface area contributed by atoms with Gasteiger partial charge in [-0.1, -0.05) is 35.3 Å². The zero-order valence-corrected chi connectivity index (χ0v) is 16.2. The molecule has 0 saturated carbocycles. The van der Waals surface area contributed by atoms with Crippen LogP contribution in [0.25, 0.3) is 0 Å². The van der Waals surface area contributed by atoms with Crippen molar-refractivity contribution in [3.05, 3.63) is 58.1 Å². The summed E-state index contributed by atoms with van der Waals surface area (Å²) in [6.45, 7) is 1.36. The Kier molecular flexibility index (Phi) is 6.28. The molecule has 1 unspecified atom stereocenters. The van der Waals surface area contributed by atoms with E-state index in [-0.39, 0.29) is 10.5 Å². The van der Waals surface area contributed by atoms with Gasteiger partial charge in [-0.2, -0.15) is 0 Å². The molecule has 6 nitrogen and oxygen atoms in total. The molecule has 0 spiro atoms. The Morgan fingerprint density at radius 1 is 1.08 bits per heavy atom. The number of carbonyl (C=O) groups excluding carboxylic acids is 2. The highest BCUT2D eigenvalue weighted by Gasteiger charge is 2.24. The van der Waals surface area contributed by atoms with Crippen molar-refractivity contribution in [2.45, 2.75) is 17.9 Å². The molecule has 2 aromatic rings. The molecule has 138 valence electrons. The van der Waals surface area contributed by atoms with Crippen LogP contribution in [-0.4, -0.2) is 32.7 Å². The van der Waals surface area contributed by atoms with Crippen molar-refractivity contribution in [3.63, 3.8) is 0 Å². The molecule has 26 heavy (non-hydrogen) atoms. The van der Waals surface area contributed by atoms with Crippen LogP contribution in [-0.2, 0) is 19.4 Å². The normalized spacial score (nSPS) is 12.3. The van der Waals surface area contributed by atoms with E-state index in [1.807, 2.05) is 0 Å². The summed E-state index contributed by atoms with van der Waals surface area (Å²) >= 11 is 11.7. The second kappa shape index (κ2) is 8.07. The van der Waals surface area contributed by atoms with Gasteiger partial charge >= 0.3 is 5.97 Å². The maximum Gasteiger partial charge on any atom is 0.340 e. The minimum atomic E-state index is -3.62. The predicted molar refractivity (Wildman–Crippen MR) is 99.5 cm³/mol. The number of rotatable bonds is 5. The van der Waals surface area contributed by atoms with Crippen LogP contribution in [0.2, 0.25) is 10.0 Å². The highest BCUT2D eigenvalue weighted by Crippen LogP contribution is 2.23. The molecule has 0 saturated heterocycles. The number of esters is 1. The molecule has 2 aromatic carbocycles. The third kappa shape index (κ3) is 5.20. The van der Waals surface area contributed by atoms with Crippen molar-refractivity contribution in [2.24, 2.45) is 0 Å². The topological polar surface area (TPSA) is 89.5 Å². The third-order valence-electron chi connectivity index (χ3n) is 3.29. The number of halogens is 2. The summed E-state index contributed by atoms with van der Waals surface area (Å²) in [4.78, 5) is 24.3. The van der Waals surface area contributed by atoms with Crippen LogP contribution in [0.5, 0.6) is 0 Å². The second-order valence-corrected chi connectivity index (χ2v) is 8.32. The standard InChI is InChI=1S/C17H15Cl2NO5S/c1-10(16(21)20-13-8-11(18)7-12(19)9-13)25-17(22)14-5-3-4-6-15(14)26(2,23)24/h3-10H,1-2H3,(H,20,21). The zero-order chi connectivity index (χ0) is 19.5. The fraction of sp³-hybridized carbons (Fsp3) is 0.176. The summed E-state index contributed by atoms with van der Waals surface area (Å²) in [7, 11) is -3.62. The van der Waals surface area contributed by atoms with Gasteiger partial charge in [-0.15, -0.1) is 0 Å². The lowest BCUT2D eigenvalue weighted by atomic mass is 10.2. The van der Waals surface area contributed by atoms with Gasteiger partial charge in [-0.3, -0.25) is 4.79 Å². The predicted octanol–water partition coefficient (Wildman–Crippen LogP) is 3.58. The lowest BCUT2D eigenvalue weighted by Crippen LogP contribution is -2.30. The first-order chi connectivity index (χ1) is 12.1. The van der Waals surface area contributed by atoms with E-state index in [1.54, 1.807) is 0 Å². The molecule has 9 heteroatoms. The summed E-state index contributed by atoms with van der Waals surface area (Å²) in [6, 6.07) is 10.1. The van der Waals surface area contributed by atoms with Crippen molar-refractivity contribution < 1.29 is 22.7 Å². The summed E-state index contributed by atoms with van der Waals surface area (Å²) in [5.41, 5.74) is 0.201. The summed E-state index contributed by atoms with van der Waals surface area (Å²) in [6.07, 6.45) is -0.189. The average Bonchev–Trinajstić information content (AvgIpc) is 2.52. The van der Waals surface area contributed by atoms with Gasteiger partial charge in [0.2, 0.25) is 0 Å². The van der Waals surface area contributed by atoms with E-state index in [1.165, 1.54) is 49.4 Å². The summed E-state index contributed by atoms with van der Waals surface area (Å²) < 4.78 is 28.6. The maximum absolute atomic E-state index is 12.3. The molecule has 0 bridgehead atoms. The van der Waals surface area contributed by atoms with Crippen LogP contribution in [0, 0.1) is 0 Å². The molecule has 0 aromatic heterocycles. The number of hydrogen-bond acceptors (Lipinski definition) is 5. The fourth-order valence-electron chi connectivity index (χ4n) is 2.11. The van der Waals surface area contributed by atoms with Gasteiger partial charge in [0, 0.05) is 22.0 Å². The van der Waals surface area contributed by atoms with Crippen LogP contribution < -0.4 is 5.32 Å².